The molecule has 1 saturated heterocycles. The lowest BCUT2D eigenvalue weighted by Crippen LogP contribution is -2.55. The van der Waals surface area contributed by atoms with Gasteiger partial charge in [-0.1, -0.05) is 18.2 Å². The summed E-state index contributed by atoms with van der Waals surface area (Å²) < 4.78 is 16.1. The van der Waals surface area contributed by atoms with E-state index in [4.69, 9.17) is 14.2 Å². The predicted octanol–water partition coefficient (Wildman–Crippen LogP) is 3.15. The number of ether oxygens (including phenoxy) is 3. The van der Waals surface area contributed by atoms with Gasteiger partial charge in [-0.2, -0.15) is 0 Å². The number of piperidine rings is 1. The van der Waals surface area contributed by atoms with Gasteiger partial charge in [-0.3, -0.25) is 9.69 Å². The van der Waals surface area contributed by atoms with Gasteiger partial charge in [-0.15, -0.1) is 0 Å². The van der Waals surface area contributed by atoms with Crippen LogP contribution >= 0.6 is 0 Å². The summed E-state index contributed by atoms with van der Waals surface area (Å²) in [5.41, 5.74) is 6.33. The largest absolute Gasteiger partial charge is 0.497 e. The number of amides is 1. The van der Waals surface area contributed by atoms with E-state index in [0.717, 1.165) is 49.4 Å². The van der Waals surface area contributed by atoms with Crippen LogP contribution in [0.2, 0.25) is 0 Å². The Kier molecular flexibility index (Phi) is 7.06. The molecule has 0 aromatic heterocycles. The van der Waals surface area contributed by atoms with Crippen molar-refractivity contribution in [3.8, 4) is 11.5 Å². The summed E-state index contributed by atoms with van der Waals surface area (Å²) in [6, 6.07) is 14.5. The maximum absolute atomic E-state index is 12.5. The van der Waals surface area contributed by atoms with Crippen LogP contribution in [0, 0.1) is 5.41 Å². The van der Waals surface area contributed by atoms with Crippen LogP contribution < -0.4 is 9.47 Å². The molecule has 0 bridgehead atoms. The third-order valence-electron chi connectivity index (χ3n) is 8.20. The molecule has 7 nitrogen and oxygen atoms in total. The van der Waals surface area contributed by atoms with Crippen LogP contribution in [0.1, 0.15) is 29.5 Å². The molecule has 0 radical (unpaired) electrons. The first-order valence-electron chi connectivity index (χ1n) is 12.7. The van der Waals surface area contributed by atoms with Crippen LogP contribution in [-0.4, -0.2) is 81.0 Å². The van der Waals surface area contributed by atoms with Crippen molar-refractivity contribution in [3.05, 3.63) is 64.7 Å². The number of hydrogen-bond donors (Lipinski definition) is 1. The molecule has 1 amide bonds. The molecule has 192 valence electrons. The van der Waals surface area contributed by atoms with E-state index >= 15 is 0 Å². The van der Waals surface area contributed by atoms with E-state index in [-0.39, 0.29) is 30.6 Å². The minimum absolute atomic E-state index is 0.0513. The Bertz CT molecular complexity index is 1150. The Labute approximate surface area is 213 Å². The van der Waals surface area contributed by atoms with Crippen molar-refractivity contribution in [1.82, 2.24) is 9.80 Å². The summed E-state index contributed by atoms with van der Waals surface area (Å²) >= 11 is 0. The highest BCUT2D eigenvalue weighted by molar-refractivity contribution is 5.83. The van der Waals surface area contributed by atoms with Gasteiger partial charge in [0.05, 0.1) is 26.9 Å². The first kappa shape index (κ1) is 24.8. The van der Waals surface area contributed by atoms with Gasteiger partial charge in [0.1, 0.15) is 18.1 Å². The normalized spacial score (nSPS) is 20.9. The number of hydrogen-bond acceptors (Lipinski definition) is 6. The number of fused-ring (bicyclic) bond motifs is 3. The van der Waals surface area contributed by atoms with Crippen LogP contribution in [0.4, 0.5) is 0 Å². The fourth-order valence-corrected chi connectivity index (χ4v) is 6.47. The van der Waals surface area contributed by atoms with Gasteiger partial charge in [0, 0.05) is 38.7 Å². The summed E-state index contributed by atoms with van der Waals surface area (Å²) in [7, 11) is 4.95. The highest BCUT2D eigenvalue weighted by atomic mass is 16.5. The van der Waals surface area contributed by atoms with Gasteiger partial charge < -0.3 is 24.2 Å². The van der Waals surface area contributed by atoms with Crippen molar-refractivity contribution in [2.24, 2.45) is 5.41 Å². The second-order valence-electron chi connectivity index (χ2n) is 10.1. The smallest absolute Gasteiger partial charge is 0.248 e. The zero-order chi connectivity index (χ0) is 25.3. The third kappa shape index (κ3) is 4.40. The quantitative estimate of drug-likeness (QED) is 0.640. The van der Waals surface area contributed by atoms with Crippen LogP contribution in [0.3, 0.4) is 0 Å². The van der Waals surface area contributed by atoms with Crippen LogP contribution in [0.15, 0.2) is 48.0 Å². The predicted molar refractivity (Wildman–Crippen MR) is 138 cm³/mol. The summed E-state index contributed by atoms with van der Waals surface area (Å²) in [5, 5.41) is 10.6. The van der Waals surface area contributed by atoms with E-state index in [1.54, 1.807) is 21.3 Å². The topological polar surface area (TPSA) is 71.5 Å². The average Bonchev–Trinajstić information content (AvgIpc) is 3.29. The number of aliphatic hydroxyl groups excluding tert-OH is 1. The van der Waals surface area contributed by atoms with Crippen molar-refractivity contribution in [2.75, 3.05) is 54.2 Å². The van der Waals surface area contributed by atoms with Gasteiger partial charge in [-0.25, -0.2) is 0 Å². The minimum Gasteiger partial charge on any atom is -0.497 e. The second-order valence-corrected chi connectivity index (χ2v) is 10.1. The Morgan fingerprint density at radius 1 is 1.06 bits per heavy atom. The zero-order valence-electron chi connectivity index (χ0n) is 21.5. The standard InChI is InChI=1S/C29H36N2O5/c1-34-18-27(33)30-11-9-29(10-12-30)19-31(16-20-5-4-6-22(13-20)35-2)26(17-32)25-15-21-14-23(36-3)7-8-24(21)28(25)29/h4-8,13-14,26,32H,9-12,15-19H2,1-3H3/t26-/m0/s1. The Morgan fingerprint density at radius 2 is 1.81 bits per heavy atom. The lowest BCUT2D eigenvalue weighted by atomic mass is 9.66. The van der Waals surface area contributed by atoms with E-state index in [1.165, 1.54) is 22.3 Å². The third-order valence-corrected chi connectivity index (χ3v) is 8.20. The van der Waals surface area contributed by atoms with E-state index in [9.17, 15) is 9.90 Å². The van der Waals surface area contributed by atoms with Crippen LogP contribution in [0.5, 0.6) is 11.5 Å². The molecule has 3 aliphatic rings. The van der Waals surface area contributed by atoms with Gasteiger partial charge in [-0.05, 0) is 71.4 Å². The van der Waals surface area contributed by atoms with E-state index < -0.39 is 0 Å². The minimum atomic E-state index is -0.0798. The monoisotopic (exact) mass is 492 g/mol. The summed E-state index contributed by atoms with van der Waals surface area (Å²) in [6.07, 6.45) is 2.59. The van der Waals surface area contributed by atoms with Gasteiger partial charge in [0.25, 0.3) is 0 Å². The molecule has 1 aliphatic carbocycles. The first-order valence-corrected chi connectivity index (χ1v) is 12.7. The molecule has 2 aromatic carbocycles. The average molecular weight is 493 g/mol. The fraction of sp³-hybridized carbons (Fsp3) is 0.483. The molecule has 1 atom stereocenters. The lowest BCUT2D eigenvalue weighted by Gasteiger charge is -2.51. The van der Waals surface area contributed by atoms with Gasteiger partial charge >= 0.3 is 0 Å². The molecule has 1 spiro atoms. The molecule has 2 heterocycles. The summed E-state index contributed by atoms with van der Waals surface area (Å²) in [6.45, 7) is 3.18. The first-order chi connectivity index (χ1) is 17.5. The van der Waals surface area contributed by atoms with Gasteiger partial charge in [0.15, 0.2) is 0 Å². The van der Waals surface area contributed by atoms with Crippen molar-refractivity contribution < 1.29 is 24.1 Å². The number of carbonyl (C=O) groups is 1. The number of likely N-dealkylation sites (tertiary alicyclic amines) is 1. The number of benzene rings is 2. The number of rotatable bonds is 7. The molecule has 5 rings (SSSR count). The molecule has 1 fully saturated rings. The van der Waals surface area contributed by atoms with Crippen molar-refractivity contribution in [2.45, 2.75) is 31.8 Å². The van der Waals surface area contributed by atoms with Crippen molar-refractivity contribution in [3.63, 3.8) is 0 Å². The number of aliphatic hydroxyl groups is 1. The lowest BCUT2D eigenvalue weighted by molar-refractivity contribution is -0.137. The molecule has 1 N–H and O–H groups in total. The van der Waals surface area contributed by atoms with Crippen LogP contribution in [-0.2, 0) is 22.5 Å². The second kappa shape index (κ2) is 10.2. The fourth-order valence-electron chi connectivity index (χ4n) is 6.47. The maximum Gasteiger partial charge on any atom is 0.248 e. The Hall–Kier alpha value is -2.87. The van der Waals surface area contributed by atoms with E-state index in [0.29, 0.717) is 13.1 Å². The van der Waals surface area contributed by atoms with E-state index in [2.05, 4.69) is 29.2 Å². The molecule has 0 unspecified atom stereocenters. The molecule has 0 saturated carbocycles. The van der Waals surface area contributed by atoms with E-state index in [1.807, 2.05) is 23.1 Å². The van der Waals surface area contributed by atoms with Crippen LogP contribution in [0.25, 0.3) is 5.57 Å². The maximum atomic E-state index is 12.5. The molecule has 2 aliphatic heterocycles. The summed E-state index contributed by atoms with van der Waals surface area (Å²) in [5.74, 6) is 1.75. The molecule has 36 heavy (non-hydrogen) atoms. The molecule has 7 heteroatoms. The van der Waals surface area contributed by atoms with Crippen molar-refractivity contribution >= 4 is 11.5 Å². The van der Waals surface area contributed by atoms with Crippen molar-refractivity contribution in [1.29, 1.82) is 0 Å². The molecular weight excluding hydrogens is 456 g/mol. The van der Waals surface area contributed by atoms with Gasteiger partial charge in [0.2, 0.25) is 5.91 Å². The molecular formula is C29H36N2O5. The highest BCUT2D eigenvalue weighted by Gasteiger charge is 2.49. The highest BCUT2D eigenvalue weighted by Crippen LogP contribution is 2.55. The number of carbonyl (C=O) groups excluding carboxylic acids is 1. The number of methoxy groups -OCH3 is 3. The zero-order valence-corrected chi connectivity index (χ0v) is 21.5. The number of nitrogens with zero attached hydrogens (tertiary/aromatic N) is 2. The Morgan fingerprint density at radius 3 is 2.50 bits per heavy atom. The SMILES string of the molecule is COCC(=O)N1CCC2(CC1)CN(Cc1cccc(OC)c1)[C@@H](CO)C1=C2c2ccc(OC)cc2C1. The summed E-state index contributed by atoms with van der Waals surface area (Å²) in [4.78, 5) is 16.9. The Balaban J connectivity index is 1.52. The molecule has 2 aromatic rings.